The van der Waals surface area contributed by atoms with Crippen LogP contribution in [0, 0.1) is 5.82 Å². The summed E-state index contributed by atoms with van der Waals surface area (Å²) in [6.07, 6.45) is 1.38. The molecule has 0 atom stereocenters. The largest absolute Gasteiger partial charge is 0.497 e. The molecule has 0 aliphatic carbocycles. The second-order valence-electron chi connectivity index (χ2n) is 5.51. The number of hydrogen-bond donors (Lipinski definition) is 1. The van der Waals surface area contributed by atoms with Crippen LogP contribution in [-0.4, -0.2) is 37.4 Å². The number of anilines is 1. The molecule has 3 rings (SSSR count). The van der Waals surface area contributed by atoms with Gasteiger partial charge in [0.15, 0.2) is 0 Å². The summed E-state index contributed by atoms with van der Waals surface area (Å²) in [6, 6.07) is 10.3. The molecule has 27 heavy (non-hydrogen) atoms. The Bertz CT molecular complexity index is 1040. The van der Waals surface area contributed by atoms with Gasteiger partial charge in [0.05, 0.1) is 20.8 Å². The quantitative estimate of drug-likeness (QED) is 0.663. The minimum atomic E-state index is -3.96. The van der Waals surface area contributed by atoms with Crippen LogP contribution in [0.3, 0.4) is 0 Å². The fraction of sp³-hybridized carbons (Fsp3) is 0.176. The minimum Gasteiger partial charge on any atom is -0.497 e. The lowest BCUT2D eigenvalue weighted by atomic mass is 10.2. The van der Waals surface area contributed by atoms with Crippen LogP contribution in [0.25, 0.3) is 0 Å². The monoisotopic (exact) mass is 392 g/mol. The third kappa shape index (κ3) is 4.34. The zero-order valence-electron chi connectivity index (χ0n) is 14.6. The van der Waals surface area contributed by atoms with Gasteiger partial charge in [-0.05, 0) is 29.8 Å². The van der Waals surface area contributed by atoms with Crippen molar-refractivity contribution in [2.24, 2.45) is 0 Å². The maximum absolute atomic E-state index is 13.0. The lowest BCUT2D eigenvalue weighted by molar-refractivity contribution is 0.386. The Kier molecular flexibility index (Phi) is 5.26. The minimum absolute atomic E-state index is 0.0688. The summed E-state index contributed by atoms with van der Waals surface area (Å²) in [5.41, 5.74) is 0.799. The number of halogens is 1. The van der Waals surface area contributed by atoms with Gasteiger partial charge in [-0.1, -0.05) is 12.1 Å². The molecule has 10 heteroatoms. The molecule has 1 heterocycles. The Morgan fingerprint density at radius 1 is 1.11 bits per heavy atom. The zero-order chi connectivity index (χ0) is 19.4. The van der Waals surface area contributed by atoms with E-state index >= 15 is 0 Å². The van der Waals surface area contributed by atoms with Crippen molar-refractivity contribution in [1.82, 2.24) is 14.8 Å². The molecule has 8 nitrogen and oxygen atoms in total. The number of rotatable bonds is 7. The van der Waals surface area contributed by atoms with Crippen molar-refractivity contribution >= 4 is 16.0 Å². The molecule has 0 saturated heterocycles. The Morgan fingerprint density at radius 3 is 2.52 bits per heavy atom. The molecule has 1 N–H and O–H groups in total. The molecule has 0 aliphatic heterocycles. The van der Waals surface area contributed by atoms with Crippen LogP contribution in [0.4, 0.5) is 10.3 Å². The number of methoxy groups -OCH3 is 2. The number of benzene rings is 2. The van der Waals surface area contributed by atoms with Crippen molar-refractivity contribution in [1.29, 1.82) is 0 Å². The molecule has 1 aromatic heterocycles. The summed E-state index contributed by atoms with van der Waals surface area (Å²) in [7, 11) is -1.13. The van der Waals surface area contributed by atoms with Gasteiger partial charge in [0, 0.05) is 6.07 Å². The first-order chi connectivity index (χ1) is 12.9. The van der Waals surface area contributed by atoms with Crippen molar-refractivity contribution in [2.45, 2.75) is 11.4 Å². The normalized spacial score (nSPS) is 11.2. The molecule has 2 aromatic carbocycles. The number of nitrogens with one attached hydrogen (secondary N) is 1. The van der Waals surface area contributed by atoms with Crippen LogP contribution in [-0.2, 0) is 16.6 Å². The summed E-state index contributed by atoms with van der Waals surface area (Å²) >= 11 is 0. The van der Waals surface area contributed by atoms with E-state index in [9.17, 15) is 12.8 Å². The summed E-state index contributed by atoms with van der Waals surface area (Å²) in [5.74, 6) is 0.175. The number of nitrogens with zero attached hydrogens (tertiary/aromatic N) is 3. The van der Waals surface area contributed by atoms with Crippen LogP contribution >= 0.6 is 0 Å². The van der Waals surface area contributed by atoms with Crippen LogP contribution < -0.4 is 14.2 Å². The van der Waals surface area contributed by atoms with E-state index < -0.39 is 10.0 Å². The van der Waals surface area contributed by atoms with Crippen molar-refractivity contribution in [2.75, 3.05) is 18.9 Å². The molecule has 0 saturated carbocycles. The van der Waals surface area contributed by atoms with E-state index in [0.717, 1.165) is 5.56 Å². The summed E-state index contributed by atoms with van der Waals surface area (Å²) in [6.45, 7) is 0.320. The Morgan fingerprint density at radius 2 is 1.85 bits per heavy atom. The zero-order valence-corrected chi connectivity index (χ0v) is 15.4. The standard InChI is InChI=1S/C17H17FN4O4S/c1-25-14-7-8-16(15(9-14)26-2)27(23,24)21-17-19-11-22(20-17)10-12-3-5-13(18)6-4-12/h3-9,11H,10H2,1-2H3,(H,20,21). The molecule has 0 aliphatic rings. The van der Waals surface area contributed by atoms with Crippen molar-refractivity contribution in [3.05, 3.63) is 60.2 Å². The van der Waals surface area contributed by atoms with Gasteiger partial charge in [0.2, 0.25) is 0 Å². The van der Waals surface area contributed by atoms with Gasteiger partial charge < -0.3 is 9.47 Å². The van der Waals surface area contributed by atoms with Gasteiger partial charge in [-0.25, -0.2) is 22.2 Å². The molecule has 0 bridgehead atoms. The van der Waals surface area contributed by atoms with Gasteiger partial charge in [0.25, 0.3) is 16.0 Å². The number of sulfonamides is 1. The maximum Gasteiger partial charge on any atom is 0.267 e. The van der Waals surface area contributed by atoms with Crippen LogP contribution in [0.15, 0.2) is 53.7 Å². The third-order valence-corrected chi connectivity index (χ3v) is 5.05. The molecule has 0 unspecified atom stereocenters. The highest BCUT2D eigenvalue weighted by Crippen LogP contribution is 2.29. The van der Waals surface area contributed by atoms with Gasteiger partial charge in [-0.15, -0.1) is 5.10 Å². The lowest BCUT2D eigenvalue weighted by Crippen LogP contribution is -2.15. The molecule has 0 radical (unpaired) electrons. The highest BCUT2D eigenvalue weighted by atomic mass is 32.2. The Hall–Kier alpha value is -3.14. The van der Waals surface area contributed by atoms with Crippen LogP contribution in [0.1, 0.15) is 5.56 Å². The molecular weight excluding hydrogens is 375 g/mol. The highest BCUT2D eigenvalue weighted by Gasteiger charge is 2.22. The van der Waals surface area contributed by atoms with E-state index in [-0.39, 0.29) is 22.4 Å². The van der Waals surface area contributed by atoms with Gasteiger partial charge >= 0.3 is 0 Å². The molecule has 3 aromatic rings. The fourth-order valence-electron chi connectivity index (χ4n) is 2.37. The molecular formula is C17H17FN4O4S. The first-order valence-corrected chi connectivity index (χ1v) is 9.28. The van der Waals surface area contributed by atoms with E-state index in [0.29, 0.717) is 12.3 Å². The van der Waals surface area contributed by atoms with E-state index in [4.69, 9.17) is 9.47 Å². The highest BCUT2D eigenvalue weighted by molar-refractivity contribution is 7.92. The third-order valence-electron chi connectivity index (χ3n) is 3.68. The van der Waals surface area contributed by atoms with Gasteiger partial charge in [0.1, 0.15) is 28.5 Å². The van der Waals surface area contributed by atoms with Crippen molar-refractivity contribution in [3.8, 4) is 11.5 Å². The summed E-state index contributed by atoms with van der Waals surface area (Å²) in [5, 5.41) is 4.08. The van der Waals surface area contributed by atoms with E-state index in [1.54, 1.807) is 12.1 Å². The molecule has 0 spiro atoms. The Labute approximate surface area is 155 Å². The number of ether oxygens (including phenoxy) is 2. The predicted molar refractivity (Wildman–Crippen MR) is 95.9 cm³/mol. The smallest absolute Gasteiger partial charge is 0.267 e. The molecule has 0 fully saturated rings. The Balaban J connectivity index is 1.78. The van der Waals surface area contributed by atoms with Crippen molar-refractivity contribution in [3.63, 3.8) is 0 Å². The average molecular weight is 392 g/mol. The maximum atomic E-state index is 13.0. The summed E-state index contributed by atoms with van der Waals surface area (Å²) < 4.78 is 52.1. The van der Waals surface area contributed by atoms with Gasteiger partial charge in [-0.3, -0.25) is 0 Å². The van der Waals surface area contributed by atoms with E-state index in [1.807, 2.05) is 0 Å². The molecule has 142 valence electrons. The number of aromatic nitrogens is 3. The number of hydrogen-bond acceptors (Lipinski definition) is 6. The first kappa shape index (κ1) is 18.6. The van der Waals surface area contributed by atoms with E-state index in [2.05, 4.69) is 14.8 Å². The van der Waals surface area contributed by atoms with Gasteiger partial charge in [-0.2, -0.15) is 4.98 Å². The lowest BCUT2D eigenvalue weighted by Gasteiger charge is -2.11. The topological polar surface area (TPSA) is 95.3 Å². The fourth-order valence-corrected chi connectivity index (χ4v) is 3.46. The molecule has 0 amide bonds. The van der Waals surface area contributed by atoms with Crippen molar-refractivity contribution < 1.29 is 22.3 Å². The predicted octanol–water partition coefficient (Wildman–Crippen LogP) is 2.28. The second-order valence-corrected chi connectivity index (χ2v) is 7.17. The average Bonchev–Trinajstić information content (AvgIpc) is 3.09. The van der Waals surface area contributed by atoms with Crippen LogP contribution in [0.5, 0.6) is 11.5 Å². The second kappa shape index (κ2) is 7.62. The van der Waals surface area contributed by atoms with E-state index in [1.165, 1.54) is 55.6 Å². The summed E-state index contributed by atoms with van der Waals surface area (Å²) in [4.78, 5) is 3.88. The van der Waals surface area contributed by atoms with Crippen LogP contribution in [0.2, 0.25) is 0 Å². The SMILES string of the molecule is COc1ccc(S(=O)(=O)Nc2ncn(Cc3ccc(F)cc3)n2)c(OC)c1. The first-order valence-electron chi connectivity index (χ1n) is 7.80.